The van der Waals surface area contributed by atoms with E-state index in [1.54, 1.807) is 11.0 Å². The molecule has 1 aliphatic heterocycles. The molecule has 3 rings (SSSR count). The fourth-order valence-corrected chi connectivity index (χ4v) is 3.04. The Morgan fingerprint density at radius 1 is 1.20 bits per heavy atom. The van der Waals surface area contributed by atoms with Crippen LogP contribution >= 0.6 is 0 Å². The smallest absolute Gasteiger partial charge is 0.264 e. The molecule has 1 saturated heterocycles. The molecule has 0 amide bonds. The Bertz CT molecular complexity index is 797. The lowest BCUT2D eigenvalue weighted by atomic mass is 10.1. The average Bonchev–Trinajstić information content (AvgIpc) is 3.09. The fraction of sp³-hybridized carbons (Fsp3) is 0.600. The second-order valence-corrected chi connectivity index (χ2v) is 7.73. The van der Waals surface area contributed by atoms with Crippen molar-refractivity contribution in [2.75, 3.05) is 24.2 Å². The van der Waals surface area contributed by atoms with Crippen LogP contribution in [0.15, 0.2) is 18.6 Å². The van der Waals surface area contributed by atoms with Gasteiger partial charge in [-0.25, -0.2) is 9.97 Å². The Kier molecular flexibility index (Phi) is 5.28. The molecule has 0 aromatic carbocycles. The van der Waals surface area contributed by atoms with E-state index in [-0.39, 0.29) is 12.6 Å². The predicted molar refractivity (Wildman–Crippen MR) is 91.5 cm³/mol. The van der Waals surface area contributed by atoms with E-state index in [0.717, 1.165) is 50.1 Å². The third kappa shape index (κ3) is 4.73. The average molecular weight is 366 g/mol. The van der Waals surface area contributed by atoms with Gasteiger partial charge in [-0.15, -0.1) is 0 Å². The summed E-state index contributed by atoms with van der Waals surface area (Å²) in [4.78, 5) is 12.7. The number of hydrogen-bond donors (Lipinski definition) is 0. The van der Waals surface area contributed by atoms with E-state index in [1.807, 2.05) is 12.4 Å². The van der Waals surface area contributed by atoms with E-state index in [0.29, 0.717) is 5.69 Å². The van der Waals surface area contributed by atoms with E-state index in [9.17, 15) is 8.42 Å². The van der Waals surface area contributed by atoms with Crippen LogP contribution in [0, 0.1) is 0 Å². The molecular weight excluding hydrogens is 344 g/mol. The van der Waals surface area contributed by atoms with Crippen LogP contribution in [0.25, 0.3) is 0 Å². The highest BCUT2D eigenvalue weighted by atomic mass is 32.2. The highest BCUT2D eigenvalue weighted by molar-refractivity contribution is 7.85. The summed E-state index contributed by atoms with van der Waals surface area (Å²) in [5, 5.41) is 8.57. The first kappa shape index (κ1) is 17.7. The van der Waals surface area contributed by atoms with Crippen molar-refractivity contribution in [2.24, 2.45) is 0 Å². The first-order valence-corrected chi connectivity index (χ1v) is 10.1. The van der Waals surface area contributed by atoms with Gasteiger partial charge in [0.1, 0.15) is 12.3 Å². The lowest BCUT2D eigenvalue weighted by Gasteiger charge is -2.31. The zero-order chi connectivity index (χ0) is 17.9. The summed E-state index contributed by atoms with van der Waals surface area (Å²) < 4.78 is 26.8. The van der Waals surface area contributed by atoms with Crippen molar-refractivity contribution in [2.45, 2.75) is 38.8 Å². The minimum absolute atomic E-state index is 0.0880. The van der Waals surface area contributed by atoms with Crippen LogP contribution in [-0.2, 0) is 27.3 Å². The van der Waals surface area contributed by atoms with Crippen molar-refractivity contribution in [1.82, 2.24) is 25.0 Å². The van der Waals surface area contributed by atoms with Crippen LogP contribution in [0.4, 0.5) is 5.95 Å². The molecule has 0 N–H and O–H groups in total. The Morgan fingerprint density at radius 2 is 1.88 bits per heavy atom. The number of hydrogen-bond acceptors (Lipinski definition) is 8. The third-order valence-corrected chi connectivity index (χ3v) is 4.70. The van der Waals surface area contributed by atoms with Gasteiger partial charge < -0.3 is 4.90 Å². The van der Waals surface area contributed by atoms with Gasteiger partial charge in [-0.3, -0.25) is 4.18 Å². The molecule has 0 saturated carbocycles. The SMILES string of the molecule is CCc1cnc(N2CCC(n3ncc(COS(C)(=O)=O)n3)CC2)nc1. The summed E-state index contributed by atoms with van der Waals surface area (Å²) in [7, 11) is -3.48. The molecule has 0 spiro atoms. The second-order valence-electron chi connectivity index (χ2n) is 6.09. The first-order valence-electron chi connectivity index (χ1n) is 8.25. The fourth-order valence-electron chi connectivity index (χ4n) is 2.71. The summed E-state index contributed by atoms with van der Waals surface area (Å²) in [6.07, 6.45) is 8.99. The molecule has 1 fully saturated rings. The molecule has 2 aromatic heterocycles. The molecule has 3 heterocycles. The van der Waals surface area contributed by atoms with Gasteiger partial charge in [-0.2, -0.15) is 23.4 Å². The third-order valence-electron chi connectivity index (χ3n) is 4.15. The summed E-state index contributed by atoms with van der Waals surface area (Å²) >= 11 is 0. The number of piperidine rings is 1. The Morgan fingerprint density at radius 3 is 2.48 bits per heavy atom. The van der Waals surface area contributed by atoms with Crippen molar-refractivity contribution in [3.8, 4) is 0 Å². The van der Waals surface area contributed by atoms with E-state index >= 15 is 0 Å². The van der Waals surface area contributed by atoms with Gasteiger partial charge in [0.25, 0.3) is 10.1 Å². The van der Waals surface area contributed by atoms with Gasteiger partial charge in [0.15, 0.2) is 0 Å². The number of nitrogens with zero attached hydrogens (tertiary/aromatic N) is 6. The van der Waals surface area contributed by atoms with Crippen LogP contribution in [0.2, 0.25) is 0 Å². The predicted octanol–water partition coefficient (Wildman–Crippen LogP) is 0.948. The highest BCUT2D eigenvalue weighted by Crippen LogP contribution is 2.23. The lowest BCUT2D eigenvalue weighted by molar-refractivity contribution is 0.297. The topological polar surface area (TPSA) is 103 Å². The quantitative estimate of drug-likeness (QED) is 0.696. The van der Waals surface area contributed by atoms with Crippen LogP contribution < -0.4 is 4.90 Å². The minimum Gasteiger partial charge on any atom is -0.341 e. The largest absolute Gasteiger partial charge is 0.341 e. The van der Waals surface area contributed by atoms with Gasteiger partial charge in [0.2, 0.25) is 5.95 Å². The van der Waals surface area contributed by atoms with Crippen molar-refractivity contribution < 1.29 is 12.6 Å². The highest BCUT2D eigenvalue weighted by Gasteiger charge is 2.23. The summed E-state index contributed by atoms with van der Waals surface area (Å²) in [6, 6.07) is 0.179. The molecule has 2 aromatic rings. The number of rotatable bonds is 6. The van der Waals surface area contributed by atoms with Crippen LogP contribution in [0.1, 0.15) is 37.1 Å². The maximum Gasteiger partial charge on any atom is 0.264 e. The molecule has 136 valence electrons. The van der Waals surface area contributed by atoms with Crippen LogP contribution in [-0.4, -0.2) is 52.7 Å². The molecule has 10 heteroatoms. The molecule has 0 unspecified atom stereocenters. The van der Waals surface area contributed by atoms with E-state index < -0.39 is 10.1 Å². The molecule has 25 heavy (non-hydrogen) atoms. The maximum absolute atomic E-state index is 11.0. The maximum atomic E-state index is 11.0. The summed E-state index contributed by atoms with van der Waals surface area (Å²) in [5.74, 6) is 0.756. The summed E-state index contributed by atoms with van der Waals surface area (Å²) in [5.41, 5.74) is 1.63. The van der Waals surface area contributed by atoms with Crippen LogP contribution in [0.5, 0.6) is 0 Å². The molecule has 1 aliphatic rings. The van der Waals surface area contributed by atoms with Gasteiger partial charge in [0.05, 0.1) is 18.5 Å². The van der Waals surface area contributed by atoms with Gasteiger partial charge in [-0.1, -0.05) is 6.92 Å². The minimum atomic E-state index is -3.48. The molecule has 0 atom stereocenters. The lowest BCUT2D eigenvalue weighted by Crippen LogP contribution is -2.36. The van der Waals surface area contributed by atoms with E-state index in [4.69, 9.17) is 4.18 Å². The zero-order valence-electron chi connectivity index (χ0n) is 14.4. The number of anilines is 1. The first-order chi connectivity index (χ1) is 11.9. The normalized spacial score (nSPS) is 16.3. The van der Waals surface area contributed by atoms with Gasteiger partial charge >= 0.3 is 0 Å². The standard InChI is InChI=1S/C15H22N6O3S/c1-3-12-8-16-15(17-9-12)20-6-4-14(5-7-20)21-18-10-13(19-21)11-24-25(2,22)23/h8-10,14H,3-7,11H2,1-2H3. The molecule has 0 aliphatic carbocycles. The summed E-state index contributed by atoms with van der Waals surface area (Å²) in [6.45, 7) is 3.64. The number of aromatic nitrogens is 5. The van der Waals surface area contributed by atoms with Crippen molar-refractivity contribution in [3.63, 3.8) is 0 Å². The Balaban J connectivity index is 1.56. The monoisotopic (exact) mass is 366 g/mol. The van der Waals surface area contributed by atoms with E-state index in [2.05, 4.69) is 32.0 Å². The molecule has 9 nitrogen and oxygen atoms in total. The number of aryl methyl sites for hydroxylation is 1. The molecule has 0 radical (unpaired) electrons. The van der Waals surface area contributed by atoms with Crippen molar-refractivity contribution in [3.05, 3.63) is 29.8 Å². The van der Waals surface area contributed by atoms with Crippen molar-refractivity contribution in [1.29, 1.82) is 0 Å². The Hall–Kier alpha value is -2.07. The van der Waals surface area contributed by atoms with Crippen molar-refractivity contribution >= 4 is 16.1 Å². The molecular formula is C15H22N6O3S. The van der Waals surface area contributed by atoms with Gasteiger partial charge in [0, 0.05) is 25.5 Å². The second kappa shape index (κ2) is 7.44. The Labute approximate surface area is 147 Å². The van der Waals surface area contributed by atoms with Gasteiger partial charge in [-0.05, 0) is 24.8 Å². The zero-order valence-corrected chi connectivity index (χ0v) is 15.2. The molecule has 0 bridgehead atoms. The van der Waals surface area contributed by atoms with E-state index in [1.165, 1.54) is 0 Å². The van der Waals surface area contributed by atoms with Crippen LogP contribution in [0.3, 0.4) is 0 Å².